The summed E-state index contributed by atoms with van der Waals surface area (Å²) in [6, 6.07) is 6.22. The summed E-state index contributed by atoms with van der Waals surface area (Å²) in [5.74, 6) is -1.67. The van der Waals surface area contributed by atoms with Gasteiger partial charge in [-0.05, 0) is 73.9 Å². The SMILES string of the molecule is COC(=O)c1c(NC(=O)c2ccc(C(=O)Nc3sc4c(c3C(=O)OC)CCC4)cc2)sc2c1CCC2. The summed E-state index contributed by atoms with van der Waals surface area (Å²) < 4.78 is 9.87. The highest BCUT2D eigenvalue weighted by atomic mass is 32.1. The molecule has 0 atom stereocenters. The molecule has 5 rings (SSSR count). The fourth-order valence-corrected chi connectivity index (χ4v) is 7.29. The molecule has 0 radical (unpaired) electrons. The number of esters is 2. The Hall–Kier alpha value is -3.50. The number of benzene rings is 1. The van der Waals surface area contributed by atoms with Crippen LogP contribution in [0.3, 0.4) is 0 Å². The number of amides is 2. The van der Waals surface area contributed by atoms with E-state index in [-0.39, 0.29) is 11.8 Å². The number of thiophene rings is 2. The van der Waals surface area contributed by atoms with Crippen molar-refractivity contribution >= 4 is 56.4 Å². The monoisotopic (exact) mass is 524 g/mol. The van der Waals surface area contributed by atoms with Crippen molar-refractivity contribution in [2.45, 2.75) is 38.5 Å². The fraction of sp³-hybridized carbons (Fsp3) is 0.308. The van der Waals surface area contributed by atoms with Gasteiger partial charge in [-0.25, -0.2) is 9.59 Å². The predicted octanol–water partition coefficient (Wildman–Crippen LogP) is 4.86. The van der Waals surface area contributed by atoms with Crippen molar-refractivity contribution in [1.82, 2.24) is 0 Å². The summed E-state index contributed by atoms with van der Waals surface area (Å²) in [6.45, 7) is 0. The van der Waals surface area contributed by atoms with Crippen LogP contribution in [-0.2, 0) is 35.2 Å². The van der Waals surface area contributed by atoms with Crippen LogP contribution >= 0.6 is 22.7 Å². The number of fused-ring (bicyclic) bond motifs is 2. The minimum atomic E-state index is -0.456. The van der Waals surface area contributed by atoms with Crippen LogP contribution in [0.4, 0.5) is 10.0 Å². The molecule has 2 heterocycles. The number of ether oxygens (including phenoxy) is 2. The van der Waals surface area contributed by atoms with Gasteiger partial charge in [0.15, 0.2) is 0 Å². The Morgan fingerprint density at radius 2 is 1.06 bits per heavy atom. The van der Waals surface area contributed by atoms with E-state index in [2.05, 4.69) is 10.6 Å². The molecule has 0 saturated carbocycles. The van der Waals surface area contributed by atoms with Crippen molar-refractivity contribution < 1.29 is 28.7 Å². The van der Waals surface area contributed by atoms with Gasteiger partial charge in [-0.1, -0.05) is 0 Å². The number of rotatable bonds is 6. The summed E-state index contributed by atoms with van der Waals surface area (Å²) >= 11 is 2.81. The van der Waals surface area contributed by atoms with Crippen LogP contribution < -0.4 is 10.6 Å². The molecule has 2 aliphatic rings. The van der Waals surface area contributed by atoms with Crippen LogP contribution in [0.2, 0.25) is 0 Å². The molecule has 3 aromatic rings. The zero-order valence-corrected chi connectivity index (χ0v) is 21.5. The number of carbonyl (C=O) groups is 4. The molecule has 1 aromatic carbocycles. The van der Waals surface area contributed by atoms with Crippen molar-refractivity contribution in [1.29, 1.82) is 0 Å². The fourth-order valence-electron chi connectivity index (χ4n) is 4.74. The molecule has 0 unspecified atom stereocenters. The first-order valence-corrected chi connectivity index (χ1v) is 13.2. The van der Waals surface area contributed by atoms with Gasteiger partial charge in [0.25, 0.3) is 11.8 Å². The Kier molecular flexibility index (Phi) is 6.63. The summed E-state index contributed by atoms with van der Waals surface area (Å²) in [6.07, 6.45) is 5.32. The maximum absolute atomic E-state index is 12.9. The zero-order chi connectivity index (χ0) is 25.4. The number of aryl methyl sites for hydroxylation is 2. The van der Waals surface area contributed by atoms with Crippen molar-refractivity contribution in [3.63, 3.8) is 0 Å². The molecule has 36 heavy (non-hydrogen) atoms. The van der Waals surface area contributed by atoms with Crippen LogP contribution in [0.1, 0.15) is 75.2 Å². The molecule has 186 valence electrons. The van der Waals surface area contributed by atoms with Crippen molar-refractivity contribution in [2.24, 2.45) is 0 Å². The number of anilines is 2. The highest BCUT2D eigenvalue weighted by Gasteiger charge is 2.29. The molecule has 2 N–H and O–H groups in total. The lowest BCUT2D eigenvalue weighted by Crippen LogP contribution is -2.16. The van der Waals surface area contributed by atoms with Crippen molar-refractivity contribution in [3.8, 4) is 0 Å². The molecular formula is C26H24N2O6S2. The minimum Gasteiger partial charge on any atom is -0.465 e. The molecule has 2 amide bonds. The molecule has 8 nitrogen and oxygen atoms in total. The van der Waals surface area contributed by atoms with Crippen LogP contribution in [0.5, 0.6) is 0 Å². The lowest BCUT2D eigenvalue weighted by atomic mass is 10.1. The number of carbonyl (C=O) groups excluding carboxylic acids is 4. The highest BCUT2D eigenvalue weighted by molar-refractivity contribution is 7.17. The van der Waals surface area contributed by atoms with E-state index in [0.29, 0.717) is 32.3 Å². The van der Waals surface area contributed by atoms with E-state index in [0.717, 1.165) is 59.4 Å². The minimum absolute atomic E-state index is 0.348. The van der Waals surface area contributed by atoms with E-state index in [1.807, 2.05) is 0 Å². The Labute approximate surface area is 215 Å². The third kappa shape index (κ3) is 4.31. The second-order valence-electron chi connectivity index (χ2n) is 8.59. The molecule has 0 fully saturated rings. The smallest absolute Gasteiger partial charge is 0.341 e. The Bertz CT molecular complexity index is 1280. The van der Waals surface area contributed by atoms with Gasteiger partial charge in [0.2, 0.25) is 0 Å². The van der Waals surface area contributed by atoms with E-state index < -0.39 is 11.9 Å². The van der Waals surface area contributed by atoms with E-state index in [4.69, 9.17) is 9.47 Å². The van der Waals surface area contributed by atoms with E-state index in [1.165, 1.54) is 36.9 Å². The topological polar surface area (TPSA) is 111 Å². The van der Waals surface area contributed by atoms with Crippen LogP contribution in [0.25, 0.3) is 0 Å². The van der Waals surface area contributed by atoms with Gasteiger partial charge in [-0.2, -0.15) is 0 Å². The molecule has 0 aliphatic heterocycles. The molecule has 0 bridgehead atoms. The first-order chi connectivity index (χ1) is 17.4. The van der Waals surface area contributed by atoms with Gasteiger partial charge < -0.3 is 20.1 Å². The third-order valence-electron chi connectivity index (χ3n) is 6.49. The summed E-state index contributed by atoms with van der Waals surface area (Å²) in [5, 5.41) is 6.64. The van der Waals surface area contributed by atoms with Crippen LogP contribution in [0.15, 0.2) is 24.3 Å². The van der Waals surface area contributed by atoms with Gasteiger partial charge in [-0.15, -0.1) is 22.7 Å². The van der Waals surface area contributed by atoms with Gasteiger partial charge in [0, 0.05) is 20.9 Å². The largest absolute Gasteiger partial charge is 0.465 e. The van der Waals surface area contributed by atoms with Gasteiger partial charge in [0.1, 0.15) is 10.0 Å². The predicted molar refractivity (Wildman–Crippen MR) is 138 cm³/mol. The zero-order valence-electron chi connectivity index (χ0n) is 19.8. The van der Waals surface area contributed by atoms with Gasteiger partial charge in [-0.3, -0.25) is 9.59 Å². The Morgan fingerprint density at radius 1 is 0.667 bits per heavy atom. The maximum Gasteiger partial charge on any atom is 0.341 e. The number of hydrogen-bond donors (Lipinski definition) is 2. The van der Waals surface area contributed by atoms with Crippen LogP contribution in [0, 0.1) is 0 Å². The van der Waals surface area contributed by atoms with Crippen LogP contribution in [-0.4, -0.2) is 38.0 Å². The molecular weight excluding hydrogens is 500 g/mol. The van der Waals surface area contributed by atoms with Crippen molar-refractivity contribution in [2.75, 3.05) is 24.9 Å². The lowest BCUT2D eigenvalue weighted by molar-refractivity contribution is 0.0592. The second kappa shape index (κ2) is 9.87. The second-order valence-corrected chi connectivity index (χ2v) is 10.8. The van der Waals surface area contributed by atoms with E-state index in [1.54, 1.807) is 24.3 Å². The van der Waals surface area contributed by atoms with Gasteiger partial charge >= 0.3 is 11.9 Å². The van der Waals surface area contributed by atoms with Crippen molar-refractivity contribution in [3.05, 3.63) is 67.4 Å². The van der Waals surface area contributed by atoms with E-state index in [9.17, 15) is 19.2 Å². The average molecular weight is 525 g/mol. The summed E-state index contributed by atoms with van der Waals surface area (Å²) in [4.78, 5) is 52.7. The number of methoxy groups -OCH3 is 2. The molecule has 2 aromatic heterocycles. The highest BCUT2D eigenvalue weighted by Crippen LogP contribution is 2.40. The van der Waals surface area contributed by atoms with Gasteiger partial charge in [0.05, 0.1) is 25.3 Å². The van der Waals surface area contributed by atoms with E-state index >= 15 is 0 Å². The Morgan fingerprint density at radius 3 is 1.42 bits per heavy atom. The lowest BCUT2D eigenvalue weighted by Gasteiger charge is -2.09. The first-order valence-electron chi connectivity index (χ1n) is 11.6. The maximum atomic E-state index is 12.9. The number of hydrogen-bond acceptors (Lipinski definition) is 8. The molecule has 0 saturated heterocycles. The summed E-state index contributed by atoms with van der Waals surface area (Å²) in [5.41, 5.74) is 3.48. The third-order valence-corrected chi connectivity index (χ3v) is 8.90. The normalized spacial score (nSPS) is 13.6. The molecule has 0 spiro atoms. The quantitative estimate of drug-likeness (QED) is 0.446. The Balaban J connectivity index is 1.31. The summed E-state index contributed by atoms with van der Waals surface area (Å²) in [7, 11) is 2.66. The number of nitrogens with one attached hydrogen (secondary N) is 2. The average Bonchev–Trinajstić information content (AvgIpc) is 3.64. The standard InChI is InChI=1S/C26H24N2O6S2/c1-33-25(31)19-15-5-3-7-17(15)35-23(19)27-21(29)13-9-11-14(12-10-13)22(30)28-24-20(26(32)34-2)16-6-4-8-18(16)36-24/h9-12H,3-8H2,1-2H3,(H,27,29)(H,28,30). The molecule has 2 aliphatic carbocycles. The first kappa shape index (κ1) is 24.2. The molecule has 10 heteroatoms.